The second kappa shape index (κ2) is 6.78. The minimum Gasteiger partial charge on any atom is -0.352 e. The Morgan fingerprint density at radius 1 is 1.24 bits per heavy atom. The molecular formula is C13H16FN3O4. The van der Waals surface area contributed by atoms with Gasteiger partial charge in [0, 0.05) is 12.1 Å². The van der Waals surface area contributed by atoms with E-state index >= 15 is 0 Å². The molecule has 0 radical (unpaired) electrons. The molecule has 0 aromatic heterocycles. The van der Waals surface area contributed by atoms with Gasteiger partial charge in [0.05, 0.1) is 4.92 Å². The summed E-state index contributed by atoms with van der Waals surface area (Å²) in [6, 6.07) is 1.55. The Labute approximate surface area is 120 Å². The third-order valence-corrected chi connectivity index (χ3v) is 2.57. The summed E-state index contributed by atoms with van der Waals surface area (Å²) in [4.78, 5) is 33.7. The molecule has 0 spiro atoms. The zero-order valence-corrected chi connectivity index (χ0v) is 11.8. The van der Waals surface area contributed by atoms with Crippen molar-refractivity contribution in [2.75, 3.05) is 0 Å². The average molecular weight is 297 g/mol. The van der Waals surface area contributed by atoms with E-state index in [0.717, 1.165) is 18.2 Å². The molecule has 1 atom stereocenters. The third kappa shape index (κ3) is 4.51. The highest BCUT2D eigenvalue weighted by atomic mass is 19.1. The molecule has 0 saturated carbocycles. The van der Waals surface area contributed by atoms with Crippen molar-refractivity contribution in [1.82, 2.24) is 10.6 Å². The molecule has 114 valence electrons. The number of nitrogens with one attached hydrogen (secondary N) is 2. The summed E-state index contributed by atoms with van der Waals surface area (Å²) in [6.45, 7) is 4.94. The lowest BCUT2D eigenvalue weighted by Gasteiger charge is -2.16. The van der Waals surface area contributed by atoms with Crippen LogP contribution >= 0.6 is 0 Å². The molecule has 0 aliphatic rings. The molecule has 2 amide bonds. The van der Waals surface area contributed by atoms with Crippen LogP contribution in [-0.2, 0) is 4.79 Å². The fourth-order valence-corrected chi connectivity index (χ4v) is 1.60. The van der Waals surface area contributed by atoms with E-state index in [1.54, 1.807) is 13.8 Å². The summed E-state index contributed by atoms with van der Waals surface area (Å²) >= 11 is 0. The standard InChI is InChI=1S/C13H16FN3O4/c1-7(2)15-12(18)8(3)16-13(19)10-6-9(14)4-5-11(10)17(20)21/h4-8H,1-3H3,(H,15,18)(H,16,19). The van der Waals surface area contributed by atoms with Gasteiger partial charge in [-0.05, 0) is 32.9 Å². The van der Waals surface area contributed by atoms with E-state index < -0.39 is 39.8 Å². The third-order valence-electron chi connectivity index (χ3n) is 2.57. The highest BCUT2D eigenvalue weighted by Gasteiger charge is 2.24. The van der Waals surface area contributed by atoms with Crippen molar-refractivity contribution < 1.29 is 18.9 Å². The number of nitrogens with zero attached hydrogens (tertiary/aromatic N) is 1. The van der Waals surface area contributed by atoms with Crippen molar-refractivity contribution in [2.45, 2.75) is 32.9 Å². The first kappa shape index (κ1) is 16.5. The van der Waals surface area contributed by atoms with Gasteiger partial charge in [-0.3, -0.25) is 19.7 Å². The van der Waals surface area contributed by atoms with Gasteiger partial charge >= 0.3 is 0 Å². The number of carbonyl (C=O) groups excluding carboxylic acids is 2. The van der Waals surface area contributed by atoms with Crippen LogP contribution in [0.3, 0.4) is 0 Å². The second-order valence-corrected chi connectivity index (χ2v) is 4.78. The maximum Gasteiger partial charge on any atom is 0.282 e. The van der Waals surface area contributed by atoms with Gasteiger partial charge in [-0.15, -0.1) is 0 Å². The molecule has 7 nitrogen and oxygen atoms in total. The number of carbonyl (C=O) groups is 2. The van der Waals surface area contributed by atoms with Crippen LogP contribution in [0.4, 0.5) is 10.1 Å². The Bertz CT molecular complexity index is 575. The Hall–Kier alpha value is -2.51. The number of nitro groups is 1. The first-order valence-electron chi connectivity index (χ1n) is 6.27. The smallest absolute Gasteiger partial charge is 0.282 e. The SMILES string of the molecule is CC(C)NC(=O)C(C)NC(=O)c1cc(F)ccc1[N+](=O)[O-]. The van der Waals surface area contributed by atoms with Gasteiger partial charge < -0.3 is 10.6 Å². The summed E-state index contributed by atoms with van der Waals surface area (Å²) in [5.41, 5.74) is -0.949. The molecule has 0 aliphatic carbocycles. The highest BCUT2D eigenvalue weighted by molar-refractivity contribution is 6.00. The van der Waals surface area contributed by atoms with Crippen LogP contribution in [0.15, 0.2) is 18.2 Å². The molecule has 0 heterocycles. The fraction of sp³-hybridized carbons (Fsp3) is 0.385. The van der Waals surface area contributed by atoms with Crippen molar-refractivity contribution in [3.05, 3.63) is 39.7 Å². The average Bonchev–Trinajstić information content (AvgIpc) is 2.37. The summed E-state index contributed by atoms with van der Waals surface area (Å²) in [6.07, 6.45) is 0. The van der Waals surface area contributed by atoms with Crippen LogP contribution in [0.2, 0.25) is 0 Å². The van der Waals surface area contributed by atoms with Crippen LogP contribution in [0.1, 0.15) is 31.1 Å². The largest absolute Gasteiger partial charge is 0.352 e. The van der Waals surface area contributed by atoms with E-state index in [9.17, 15) is 24.1 Å². The minimum atomic E-state index is -0.900. The van der Waals surface area contributed by atoms with E-state index in [-0.39, 0.29) is 6.04 Å². The van der Waals surface area contributed by atoms with Crippen LogP contribution in [0.25, 0.3) is 0 Å². The van der Waals surface area contributed by atoms with Crippen LogP contribution < -0.4 is 10.6 Å². The fourth-order valence-electron chi connectivity index (χ4n) is 1.60. The molecule has 8 heteroatoms. The molecule has 1 aromatic carbocycles. The lowest BCUT2D eigenvalue weighted by atomic mass is 10.1. The topological polar surface area (TPSA) is 101 Å². The van der Waals surface area contributed by atoms with Gasteiger partial charge in [0.25, 0.3) is 11.6 Å². The van der Waals surface area contributed by atoms with Gasteiger partial charge in [0.1, 0.15) is 17.4 Å². The summed E-state index contributed by atoms with van der Waals surface area (Å²) in [7, 11) is 0. The molecule has 2 N–H and O–H groups in total. The highest BCUT2D eigenvalue weighted by Crippen LogP contribution is 2.19. The lowest BCUT2D eigenvalue weighted by molar-refractivity contribution is -0.385. The lowest BCUT2D eigenvalue weighted by Crippen LogP contribution is -2.46. The zero-order chi connectivity index (χ0) is 16.2. The van der Waals surface area contributed by atoms with Gasteiger partial charge in [0.15, 0.2) is 0 Å². The minimum absolute atomic E-state index is 0.111. The van der Waals surface area contributed by atoms with E-state index in [2.05, 4.69) is 10.6 Å². The molecular weight excluding hydrogens is 281 g/mol. The Kier molecular flexibility index (Phi) is 5.34. The number of benzene rings is 1. The predicted octanol–water partition coefficient (Wildman–Crippen LogP) is 1.38. The number of hydrogen-bond acceptors (Lipinski definition) is 4. The number of hydrogen-bond donors (Lipinski definition) is 2. The van der Waals surface area contributed by atoms with Crippen molar-refractivity contribution in [3.8, 4) is 0 Å². The second-order valence-electron chi connectivity index (χ2n) is 4.78. The maximum absolute atomic E-state index is 13.2. The quantitative estimate of drug-likeness (QED) is 0.633. The van der Waals surface area contributed by atoms with Gasteiger partial charge in [0.2, 0.25) is 5.91 Å². The van der Waals surface area contributed by atoms with Crippen molar-refractivity contribution in [3.63, 3.8) is 0 Å². The van der Waals surface area contributed by atoms with Gasteiger partial charge in [-0.1, -0.05) is 0 Å². The van der Waals surface area contributed by atoms with E-state index in [0.29, 0.717) is 0 Å². The van der Waals surface area contributed by atoms with E-state index in [1.165, 1.54) is 6.92 Å². The van der Waals surface area contributed by atoms with Crippen molar-refractivity contribution in [2.24, 2.45) is 0 Å². The molecule has 1 aromatic rings. The van der Waals surface area contributed by atoms with Crippen LogP contribution in [0, 0.1) is 15.9 Å². The predicted molar refractivity (Wildman–Crippen MR) is 73.3 cm³/mol. The van der Waals surface area contributed by atoms with Gasteiger partial charge in [-0.2, -0.15) is 0 Å². The molecule has 0 fully saturated rings. The monoisotopic (exact) mass is 297 g/mol. The maximum atomic E-state index is 13.2. The van der Waals surface area contributed by atoms with Crippen LogP contribution in [-0.4, -0.2) is 28.8 Å². The van der Waals surface area contributed by atoms with Crippen LogP contribution in [0.5, 0.6) is 0 Å². The van der Waals surface area contributed by atoms with Crippen molar-refractivity contribution in [1.29, 1.82) is 0 Å². The molecule has 21 heavy (non-hydrogen) atoms. The Morgan fingerprint density at radius 3 is 2.38 bits per heavy atom. The molecule has 0 bridgehead atoms. The number of halogens is 1. The molecule has 0 saturated heterocycles. The Morgan fingerprint density at radius 2 is 1.86 bits per heavy atom. The van der Waals surface area contributed by atoms with Gasteiger partial charge in [-0.25, -0.2) is 4.39 Å². The van der Waals surface area contributed by atoms with E-state index in [1.807, 2.05) is 0 Å². The summed E-state index contributed by atoms with van der Waals surface area (Å²) < 4.78 is 13.2. The van der Waals surface area contributed by atoms with Crippen molar-refractivity contribution >= 4 is 17.5 Å². The molecule has 1 rings (SSSR count). The molecule has 0 aliphatic heterocycles. The number of amides is 2. The zero-order valence-electron chi connectivity index (χ0n) is 11.8. The van der Waals surface area contributed by atoms with E-state index in [4.69, 9.17) is 0 Å². The number of rotatable bonds is 5. The first-order chi connectivity index (χ1) is 9.72. The summed E-state index contributed by atoms with van der Waals surface area (Å²) in [5.74, 6) is -2.09. The number of nitro benzene ring substituents is 1. The molecule has 1 unspecified atom stereocenters. The normalized spacial score (nSPS) is 11.9. The first-order valence-corrected chi connectivity index (χ1v) is 6.27. The Balaban J connectivity index is 2.92. The summed E-state index contributed by atoms with van der Waals surface area (Å²) in [5, 5.41) is 15.7.